The first kappa shape index (κ1) is 28.5. The van der Waals surface area contributed by atoms with E-state index in [2.05, 4.69) is 25.2 Å². The number of hydrogen-bond donors (Lipinski definition) is 1. The van der Waals surface area contributed by atoms with Gasteiger partial charge in [0.05, 0.1) is 11.9 Å². The van der Waals surface area contributed by atoms with Crippen LogP contribution in [0.5, 0.6) is 0 Å². The zero-order chi connectivity index (χ0) is 23.4. The van der Waals surface area contributed by atoms with Crippen molar-refractivity contribution in [2.24, 2.45) is 0 Å². The molecular formula is C24H26Cl2F3N5O. The number of carbonyl (C=O) groups is 1. The number of nitrogens with one attached hydrogen (secondary N) is 1. The van der Waals surface area contributed by atoms with Gasteiger partial charge in [-0.2, -0.15) is 0 Å². The molecule has 0 aliphatic carbocycles. The standard InChI is InChI=1S/C24H24F3N5O.2ClH/c1-2-21(32-11-7-15(8-12-32)19-5-3-4-9-28-19)31-24(33)23-29-10-6-20(30-23)16-13-17(25)22(27)18(26)14-16;;/h3-6,9-10,13-15,21H,2,7-8,11-12H2,1H3,(H,31,33);2*1H. The van der Waals surface area contributed by atoms with E-state index in [9.17, 15) is 18.0 Å². The van der Waals surface area contributed by atoms with Crippen LogP contribution in [0, 0.1) is 17.5 Å². The Morgan fingerprint density at radius 1 is 1.06 bits per heavy atom. The van der Waals surface area contributed by atoms with E-state index in [1.807, 2.05) is 25.1 Å². The van der Waals surface area contributed by atoms with Crippen LogP contribution in [-0.4, -0.2) is 45.0 Å². The molecule has 1 N–H and O–H groups in total. The van der Waals surface area contributed by atoms with E-state index in [-0.39, 0.29) is 48.1 Å². The maximum Gasteiger partial charge on any atom is 0.290 e. The molecule has 188 valence electrons. The third kappa shape index (κ3) is 6.68. The molecule has 6 nitrogen and oxygen atoms in total. The first-order chi connectivity index (χ1) is 16.0. The molecule has 1 atom stereocenters. The normalized spacial score (nSPS) is 15.0. The van der Waals surface area contributed by atoms with E-state index in [4.69, 9.17) is 0 Å². The highest BCUT2D eigenvalue weighted by molar-refractivity contribution is 5.91. The van der Waals surface area contributed by atoms with Gasteiger partial charge in [-0.15, -0.1) is 24.8 Å². The average Bonchev–Trinajstić information content (AvgIpc) is 2.86. The predicted molar refractivity (Wildman–Crippen MR) is 131 cm³/mol. The van der Waals surface area contributed by atoms with Crippen molar-refractivity contribution in [1.29, 1.82) is 0 Å². The lowest BCUT2D eigenvalue weighted by molar-refractivity contribution is 0.0782. The van der Waals surface area contributed by atoms with Crippen molar-refractivity contribution in [1.82, 2.24) is 25.2 Å². The second-order valence-electron chi connectivity index (χ2n) is 7.98. The fraction of sp³-hybridized carbons (Fsp3) is 0.333. The van der Waals surface area contributed by atoms with Crippen molar-refractivity contribution >= 4 is 30.7 Å². The highest BCUT2D eigenvalue weighted by Crippen LogP contribution is 2.27. The summed E-state index contributed by atoms with van der Waals surface area (Å²) in [4.78, 5) is 27.6. The SMILES string of the molecule is CCC(NC(=O)c1nccc(-c2cc(F)c(F)c(F)c2)n1)N1CCC(c2ccccn2)CC1.Cl.Cl. The van der Waals surface area contributed by atoms with Gasteiger partial charge < -0.3 is 5.32 Å². The number of rotatable bonds is 6. The van der Waals surface area contributed by atoms with Crippen LogP contribution in [0.2, 0.25) is 0 Å². The van der Waals surface area contributed by atoms with Gasteiger partial charge in [-0.1, -0.05) is 13.0 Å². The van der Waals surface area contributed by atoms with Gasteiger partial charge in [-0.05, 0) is 49.6 Å². The Balaban J connectivity index is 0.00000216. The summed E-state index contributed by atoms with van der Waals surface area (Å²) in [5.74, 6) is -4.42. The van der Waals surface area contributed by atoms with Gasteiger partial charge in [0.1, 0.15) is 0 Å². The minimum Gasteiger partial charge on any atom is -0.334 e. The molecule has 0 radical (unpaired) electrons. The number of likely N-dealkylation sites (tertiary alicyclic amines) is 1. The van der Waals surface area contributed by atoms with Crippen LogP contribution in [0.15, 0.2) is 48.8 Å². The molecule has 11 heteroatoms. The van der Waals surface area contributed by atoms with Gasteiger partial charge in [0.15, 0.2) is 17.5 Å². The highest BCUT2D eigenvalue weighted by Gasteiger charge is 2.27. The molecule has 0 spiro atoms. The van der Waals surface area contributed by atoms with E-state index >= 15 is 0 Å². The quantitative estimate of drug-likeness (QED) is 0.449. The minimum absolute atomic E-state index is 0. The summed E-state index contributed by atoms with van der Waals surface area (Å²) in [6, 6.07) is 9.02. The van der Waals surface area contributed by atoms with Crippen molar-refractivity contribution in [3.63, 3.8) is 0 Å². The van der Waals surface area contributed by atoms with E-state index in [0.29, 0.717) is 12.3 Å². The third-order valence-electron chi connectivity index (χ3n) is 5.90. The molecule has 1 unspecified atom stereocenters. The summed E-state index contributed by atoms with van der Waals surface area (Å²) in [7, 11) is 0. The average molecular weight is 528 g/mol. The number of piperidine rings is 1. The number of amides is 1. The molecule has 35 heavy (non-hydrogen) atoms. The van der Waals surface area contributed by atoms with E-state index in [0.717, 1.165) is 43.8 Å². The maximum atomic E-state index is 13.6. The number of hydrogen-bond acceptors (Lipinski definition) is 5. The van der Waals surface area contributed by atoms with Crippen LogP contribution in [0.1, 0.15) is 48.4 Å². The molecule has 1 aliphatic rings. The Hall–Kier alpha value is -2.75. The summed E-state index contributed by atoms with van der Waals surface area (Å²) in [6.45, 7) is 3.61. The Morgan fingerprint density at radius 3 is 2.34 bits per heavy atom. The number of benzene rings is 1. The van der Waals surface area contributed by atoms with Crippen LogP contribution in [0.3, 0.4) is 0 Å². The van der Waals surface area contributed by atoms with E-state index < -0.39 is 23.4 Å². The summed E-state index contributed by atoms with van der Waals surface area (Å²) in [5, 5.41) is 2.96. The van der Waals surface area contributed by atoms with Crippen LogP contribution < -0.4 is 5.32 Å². The number of carbonyl (C=O) groups excluding carboxylic acids is 1. The van der Waals surface area contributed by atoms with Crippen molar-refractivity contribution in [3.05, 3.63) is 77.8 Å². The fourth-order valence-corrected chi connectivity index (χ4v) is 4.12. The van der Waals surface area contributed by atoms with Gasteiger partial charge in [-0.25, -0.2) is 23.1 Å². The Bertz CT molecular complexity index is 1110. The summed E-state index contributed by atoms with van der Waals surface area (Å²) < 4.78 is 40.5. The summed E-state index contributed by atoms with van der Waals surface area (Å²) in [5.41, 5.74) is 1.23. The molecule has 0 bridgehead atoms. The number of halogens is 5. The Labute approximate surface area is 214 Å². The van der Waals surface area contributed by atoms with Gasteiger partial charge >= 0.3 is 0 Å². The molecular weight excluding hydrogens is 502 g/mol. The van der Waals surface area contributed by atoms with Gasteiger partial charge in [-0.3, -0.25) is 14.7 Å². The van der Waals surface area contributed by atoms with Crippen LogP contribution in [0.25, 0.3) is 11.3 Å². The maximum absolute atomic E-state index is 13.6. The van der Waals surface area contributed by atoms with Crippen molar-refractivity contribution in [3.8, 4) is 11.3 Å². The predicted octanol–water partition coefficient (Wildman–Crippen LogP) is 5.15. The smallest absolute Gasteiger partial charge is 0.290 e. The van der Waals surface area contributed by atoms with Crippen molar-refractivity contribution < 1.29 is 18.0 Å². The number of aromatic nitrogens is 3. The largest absolute Gasteiger partial charge is 0.334 e. The summed E-state index contributed by atoms with van der Waals surface area (Å²) in [6.07, 6.45) is 5.51. The molecule has 1 amide bonds. The zero-order valence-electron chi connectivity index (χ0n) is 19.0. The third-order valence-corrected chi connectivity index (χ3v) is 5.90. The molecule has 1 aromatic carbocycles. The Kier molecular flexibility index (Phi) is 10.4. The van der Waals surface area contributed by atoms with Crippen LogP contribution >= 0.6 is 24.8 Å². The molecule has 3 aromatic rings. The van der Waals surface area contributed by atoms with Crippen molar-refractivity contribution in [2.45, 2.75) is 38.3 Å². The molecule has 4 rings (SSSR count). The lowest BCUT2D eigenvalue weighted by atomic mass is 9.92. The van der Waals surface area contributed by atoms with E-state index in [1.165, 1.54) is 12.3 Å². The van der Waals surface area contributed by atoms with Crippen LogP contribution in [0.4, 0.5) is 13.2 Å². The lowest BCUT2D eigenvalue weighted by Gasteiger charge is -2.37. The molecule has 1 fully saturated rings. The minimum atomic E-state index is -1.55. The molecule has 1 aliphatic heterocycles. The monoisotopic (exact) mass is 527 g/mol. The first-order valence-corrected chi connectivity index (χ1v) is 10.9. The number of nitrogens with zero attached hydrogens (tertiary/aromatic N) is 4. The second kappa shape index (κ2) is 12.8. The van der Waals surface area contributed by atoms with Gasteiger partial charge in [0.2, 0.25) is 5.82 Å². The van der Waals surface area contributed by atoms with Crippen molar-refractivity contribution in [2.75, 3.05) is 13.1 Å². The molecule has 2 aromatic heterocycles. The topological polar surface area (TPSA) is 71.0 Å². The second-order valence-corrected chi connectivity index (χ2v) is 7.98. The van der Waals surface area contributed by atoms with Gasteiger partial charge in [0.25, 0.3) is 5.91 Å². The molecule has 1 saturated heterocycles. The summed E-state index contributed by atoms with van der Waals surface area (Å²) >= 11 is 0. The fourth-order valence-electron chi connectivity index (χ4n) is 4.12. The Morgan fingerprint density at radius 2 is 1.74 bits per heavy atom. The molecule has 3 heterocycles. The first-order valence-electron chi connectivity index (χ1n) is 10.9. The highest BCUT2D eigenvalue weighted by atomic mass is 35.5. The number of pyridine rings is 1. The van der Waals surface area contributed by atoms with Gasteiger partial charge in [0, 0.05) is 42.7 Å². The molecule has 0 saturated carbocycles. The zero-order valence-corrected chi connectivity index (χ0v) is 20.6. The van der Waals surface area contributed by atoms with E-state index in [1.54, 1.807) is 6.20 Å². The lowest BCUT2D eigenvalue weighted by Crippen LogP contribution is -2.50. The van der Waals surface area contributed by atoms with Crippen LogP contribution in [-0.2, 0) is 0 Å².